The molecule has 8 heteroatoms. The van der Waals surface area contributed by atoms with E-state index in [4.69, 9.17) is 18.9 Å². The van der Waals surface area contributed by atoms with Crippen LogP contribution in [0.4, 0.5) is 0 Å². The third-order valence-corrected chi connectivity index (χ3v) is 9.80. The molecule has 0 saturated carbocycles. The van der Waals surface area contributed by atoms with Crippen LogP contribution < -0.4 is 0 Å². The zero-order valence-corrected chi connectivity index (χ0v) is 23.3. The predicted molar refractivity (Wildman–Crippen MR) is 143 cm³/mol. The Morgan fingerprint density at radius 2 is 1.35 bits per heavy atom. The van der Waals surface area contributed by atoms with E-state index < -0.39 is 14.6 Å². The largest absolute Gasteiger partial charge is 0.353 e. The summed E-state index contributed by atoms with van der Waals surface area (Å²) < 4.78 is 48.9. The van der Waals surface area contributed by atoms with E-state index in [0.29, 0.717) is 38.9 Å². The van der Waals surface area contributed by atoms with Crippen LogP contribution in [-0.2, 0) is 28.8 Å². The molecule has 0 amide bonds. The van der Waals surface area contributed by atoms with Crippen LogP contribution in [0.5, 0.6) is 0 Å². The van der Waals surface area contributed by atoms with Crippen molar-refractivity contribution < 1.29 is 27.4 Å². The molecule has 2 fully saturated rings. The summed E-state index contributed by atoms with van der Waals surface area (Å²) >= 11 is 0. The first-order valence-corrected chi connectivity index (χ1v) is 15.6. The van der Waals surface area contributed by atoms with Crippen LogP contribution in [0, 0.1) is 18.3 Å². The second kappa shape index (κ2) is 15.8. The van der Waals surface area contributed by atoms with Gasteiger partial charge in [0.1, 0.15) is 0 Å². The van der Waals surface area contributed by atoms with Gasteiger partial charge in [0, 0.05) is 26.4 Å². The van der Waals surface area contributed by atoms with Gasteiger partial charge >= 0.3 is 0 Å². The van der Waals surface area contributed by atoms with Crippen molar-refractivity contribution in [2.75, 3.05) is 26.4 Å². The van der Waals surface area contributed by atoms with Crippen molar-refractivity contribution in [1.29, 1.82) is 5.26 Å². The molecule has 2 unspecified atom stereocenters. The van der Waals surface area contributed by atoms with Gasteiger partial charge in [-0.15, -0.1) is 0 Å². The van der Waals surface area contributed by atoms with Crippen LogP contribution >= 0.6 is 0 Å². The molecule has 0 aliphatic carbocycles. The Bertz CT molecular complexity index is 885. The Labute approximate surface area is 223 Å². The quantitative estimate of drug-likeness (QED) is 0.231. The van der Waals surface area contributed by atoms with Crippen molar-refractivity contribution in [2.24, 2.45) is 0 Å². The second-order valence-electron chi connectivity index (χ2n) is 10.4. The second-order valence-corrected chi connectivity index (χ2v) is 12.6. The van der Waals surface area contributed by atoms with Crippen molar-refractivity contribution in [3.8, 4) is 6.07 Å². The molecule has 208 valence electrons. The fourth-order valence-corrected chi connectivity index (χ4v) is 6.89. The van der Waals surface area contributed by atoms with Gasteiger partial charge in [-0.2, -0.15) is 5.26 Å². The van der Waals surface area contributed by atoms with Gasteiger partial charge in [0.15, 0.2) is 27.2 Å². The molecule has 0 N–H and O–H groups in total. The van der Waals surface area contributed by atoms with Crippen LogP contribution in [0.2, 0.25) is 0 Å². The summed E-state index contributed by atoms with van der Waals surface area (Å²) in [4.78, 5) is 0.232. The molecule has 2 atom stereocenters. The number of sulfone groups is 1. The highest BCUT2D eigenvalue weighted by Crippen LogP contribution is 2.35. The van der Waals surface area contributed by atoms with Gasteiger partial charge in [0.05, 0.1) is 11.0 Å². The minimum Gasteiger partial charge on any atom is -0.353 e. The van der Waals surface area contributed by atoms with Gasteiger partial charge in [0.25, 0.3) is 0 Å². The monoisotopic (exact) mass is 535 g/mol. The van der Waals surface area contributed by atoms with Crippen molar-refractivity contribution in [3.63, 3.8) is 0 Å². The number of hydrogen-bond donors (Lipinski definition) is 0. The van der Waals surface area contributed by atoms with Gasteiger partial charge in [-0.1, -0.05) is 43.4 Å². The molecule has 2 saturated heterocycles. The molecule has 0 spiro atoms. The SMILES string of the molecule is Cc1ccc(S(=O)(=O)C(C#N)(CCCCCOC2CCCCO2)CCCCCOC2CCCCO2)cc1. The average molecular weight is 536 g/mol. The molecule has 0 aromatic heterocycles. The smallest absolute Gasteiger partial charge is 0.197 e. The fraction of sp³-hybridized carbons (Fsp3) is 0.759. The number of benzene rings is 1. The lowest BCUT2D eigenvalue weighted by atomic mass is 9.95. The first kappa shape index (κ1) is 30.0. The summed E-state index contributed by atoms with van der Waals surface area (Å²) in [5, 5.41) is 10.3. The summed E-state index contributed by atoms with van der Waals surface area (Å²) in [6.45, 7) is 4.63. The molecule has 37 heavy (non-hydrogen) atoms. The lowest BCUT2D eigenvalue weighted by Crippen LogP contribution is -2.37. The number of unbranched alkanes of at least 4 members (excludes halogenated alkanes) is 4. The van der Waals surface area contributed by atoms with Gasteiger partial charge in [0.2, 0.25) is 0 Å². The summed E-state index contributed by atoms with van der Waals surface area (Å²) in [5.41, 5.74) is 0.991. The van der Waals surface area contributed by atoms with Crippen LogP contribution in [0.1, 0.15) is 95.5 Å². The lowest BCUT2D eigenvalue weighted by Gasteiger charge is -2.27. The molecule has 2 aliphatic heterocycles. The normalized spacial score (nSPS) is 22.3. The van der Waals surface area contributed by atoms with Crippen molar-refractivity contribution in [2.45, 2.75) is 119 Å². The van der Waals surface area contributed by atoms with Crippen LogP contribution in [-0.4, -0.2) is 52.2 Å². The van der Waals surface area contributed by atoms with E-state index in [2.05, 4.69) is 6.07 Å². The van der Waals surface area contributed by atoms with Crippen molar-refractivity contribution in [1.82, 2.24) is 0 Å². The predicted octanol–water partition coefficient (Wildman–Crippen LogP) is 6.24. The molecule has 0 bridgehead atoms. The highest BCUT2D eigenvalue weighted by molar-refractivity contribution is 7.93. The Balaban J connectivity index is 1.51. The molecule has 0 radical (unpaired) electrons. The fourth-order valence-electron chi connectivity index (χ4n) is 5.00. The Kier molecular flexibility index (Phi) is 12.8. The lowest BCUT2D eigenvalue weighted by molar-refractivity contribution is -0.163. The minimum atomic E-state index is -3.81. The van der Waals surface area contributed by atoms with E-state index in [1.54, 1.807) is 24.3 Å². The third kappa shape index (κ3) is 9.33. The number of rotatable bonds is 16. The van der Waals surface area contributed by atoms with E-state index in [0.717, 1.165) is 83.0 Å². The highest BCUT2D eigenvalue weighted by Gasteiger charge is 2.44. The average Bonchev–Trinajstić information content (AvgIpc) is 2.92. The van der Waals surface area contributed by atoms with E-state index in [1.807, 2.05) is 6.92 Å². The maximum Gasteiger partial charge on any atom is 0.197 e. The highest BCUT2D eigenvalue weighted by atomic mass is 32.2. The van der Waals surface area contributed by atoms with Crippen LogP contribution in [0.3, 0.4) is 0 Å². The zero-order valence-electron chi connectivity index (χ0n) is 22.5. The minimum absolute atomic E-state index is 0.109. The van der Waals surface area contributed by atoms with Crippen LogP contribution in [0.25, 0.3) is 0 Å². The van der Waals surface area contributed by atoms with E-state index in [9.17, 15) is 13.7 Å². The number of aryl methyl sites for hydroxylation is 1. The standard InChI is InChI=1S/C29H45NO6S/c1-25-14-16-26(17-15-25)37(31,32)29(24-30,18-6-2-8-20-33-27-12-4-10-22-35-27)19-7-3-9-21-34-28-13-5-11-23-36-28/h14-17,27-28H,2-13,18-23H2,1H3. The van der Waals surface area contributed by atoms with Crippen LogP contribution in [0.15, 0.2) is 29.2 Å². The molecular formula is C29H45NO6S. The first-order chi connectivity index (χ1) is 18.0. The van der Waals surface area contributed by atoms with E-state index in [1.165, 1.54) is 0 Å². The Morgan fingerprint density at radius 1 is 0.838 bits per heavy atom. The number of nitriles is 1. The van der Waals surface area contributed by atoms with E-state index >= 15 is 0 Å². The Morgan fingerprint density at radius 3 is 1.78 bits per heavy atom. The van der Waals surface area contributed by atoms with Gasteiger partial charge in [-0.05, 0) is 83.3 Å². The summed E-state index contributed by atoms with van der Waals surface area (Å²) in [7, 11) is -3.81. The van der Waals surface area contributed by atoms with Gasteiger partial charge < -0.3 is 18.9 Å². The van der Waals surface area contributed by atoms with Crippen molar-refractivity contribution >= 4 is 9.84 Å². The summed E-state index contributed by atoms with van der Waals surface area (Å²) in [6.07, 6.45) is 11.4. The maximum absolute atomic E-state index is 13.7. The number of ether oxygens (including phenoxy) is 4. The van der Waals surface area contributed by atoms with E-state index in [-0.39, 0.29) is 17.5 Å². The molecule has 2 aliphatic rings. The third-order valence-electron chi connectivity index (χ3n) is 7.38. The molecule has 1 aromatic carbocycles. The molecule has 3 rings (SSSR count). The van der Waals surface area contributed by atoms with Gasteiger partial charge in [-0.25, -0.2) is 8.42 Å². The number of hydrogen-bond acceptors (Lipinski definition) is 7. The zero-order chi connectivity index (χ0) is 26.4. The summed E-state index contributed by atoms with van der Waals surface area (Å²) in [5.74, 6) is 0. The Hall–Kier alpha value is -1.50. The molecule has 1 aromatic rings. The molecule has 7 nitrogen and oxygen atoms in total. The summed E-state index contributed by atoms with van der Waals surface area (Å²) in [6, 6.07) is 9.12. The number of nitrogens with zero attached hydrogens (tertiary/aromatic N) is 1. The molecular weight excluding hydrogens is 490 g/mol. The maximum atomic E-state index is 13.7. The van der Waals surface area contributed by atoms with Gasteiger partial charge in [-0.3, -0.25) is 0 Å². The van der Waals surface area contributed by atoms with Crippen molar-refractivity contribution in [3.05, 3.63) is 29.8 Å². The molecule has 2 heterocycles. The topological polar surface area (TPSA) is 94.9 Å². The first-order valence-electron chi connectivity index (χ1n) is 14.2.